The Bertz CT molecular complexity index is 895. The molecule has 0 aliphatic heterocycles. The Hall–Kier alpha value is -2.32. The fourth-order valence-electron chi connectivity index (χ4n) is 3.01. The first-order valence-corrected chi connectivity index (χ1v) is 8.18. The number of non-ortho nitro benzene ring substituents is 1. The monoisotopic (exact) mass is 330 g/mol. The number of thiophene rings is 1. The van der Waals surface area contributed by atoms with E-state index < -0.39 is 10.5 Å². The van der Waals surface area contributed by atoms with E-state index in [-0.39, 0.29) is 5.69 Å². The molecule has 0 amide bonds. The van der Waals surface area contributed by atoms with Gasteiger partial charge in [0.1, 0.15) is 0 Å². The number of nitrogens with zero attached hydrogens (tertiary/aromatic N) is 3. The van der Waals surface area contributed by atoms with E-state index in [0.29, 0.717) is 11.7 Å². The Morgan fingerprint density at radius 1 is 1.30 bits per heavy atom. The molecule has 2 aromatic heterocycles. The van der Waals surface area contributed by atoms with Crippen LogP contribution in [0.2, 0.25) is 0 Å². The van der Waals surface area contributed by atoms with Gasteiger partial charge in [0.05, 0.1) is 15.3 Å². The summed E-state index contributed by atoms with van der Waals surface area (Å²) in [5.41, 5.74) is 5.92. The summed E-state index contributed by atoms with van der Waals surface area (Å²) in [6.45, 7) is 0. The number of nitro benzene ring substituents is 1. The van der Waals surface area contributed by atoms with E-state index in [1.165, 1.54) is 17.4 Å². The number of nitrogens with two attached hydrogens (primary N) is 1. The topological polar surface area (TPSA) is 108 Å². The number of fused-ring (bicyclic) bond motifs is 1. The number of rotatable bonds is 3. The molecule has 0 bridgehead atoms. The lowest BCUT2D eigenvalue weighted by molar-refractivity contribution is -0.384. The summed E-state index contributed by atoms with van der Waals surface area (Å²) in [5, 5.41) is 15.7. The molecule has 2 N–H and O–H groups in total. The minimum Gasteiger partial charge on any atom is -0.333 e. The van der Waals surface area contributed by atoms with Gasteiger partial charge in [-0.05, 0) is 25.0 Å². The van der Waals surface area contributed by atoms with Gasteiger partial charge < -0.3 is 10.3 Å². The second kappa shape index (κ2) is 5.10. The Morgan fingerprint density at radius 3 is 2.83 bits per heavy atom. The predicted molar refractivity (Wildman–Crippen MR) is 86.1 cm³/mol. The zero-order chi connectivity index (χ0) is 16.0. The molecule has 3 aromatic rings. The highest BCUT2D eigenvalue weighted by molar-refractivity contribution is 7.22. The van der Waals surface area contributed by atoms with Crippen LogP contribution in [0.4, 0.5) is 5.69 Å². The molecule has 1 aromatic carbocycles. The van der Waals surface area contributed by atoms with Crippen LogP contribution < -0.4 is 5.73 Å². The molecule has 7 nitrogen and oxygen atoms in total. The van der Waals surface area contributed by atoms with Gasteiger partial charge in [0.25, 0.3) is 11.6 Å². The largest absolute Gasteiger partial charge is 0.333 e. The highest BCUT2D eigenvalue weighted by Gasteiger charge is 2.36. The van der Waals surface area contributed by atoms with Gasteiger partial charge in [-0.25, -0.2) is 0 Å². The van der Waals surface area contributed by atoms with E-state index in [0.717, 1.165) is 40.6 Å². The van der Waals surface area contributed by atoms with Crippen LogP contribution in [0.25, 0.3) is 20.9 Å². The van der Waals surface area contributed by atoms with E-state index in [1.807, 2.05) is 6.07 Å². The summed E-state index contributed by atoms with van der Waals surface area (Å²) in [6.07, 6.45) is 3.88. The minimum absolute atomic E-state index is 0.0694. The number of hydrogen-bond donors (Lipinski definition) is 1. The van der Waals surface area contributed by atoms with Crippen LogP contribution in [-0.4, -0.2) is 15.1 Å². The standard InChI is InChI=1S/C15H14N4O3S/c16-15(5-1-2-6-15)14-17-13(22-18-14)12-8-9-7-10(19(20)21)3-4-11(9)23-12/h3-4,7-8H,1-2,5-6,16H2. The van der Waals surface area contributed by atoms with Gasteiger partial charge >= 0.3 is 0 Å². The predicted octanol–water partition coefficient (Wildman–Crippen LogP) is 3.59. The molecule has 0 radical (unpaired) electrons. The first-order valence-electron chi connectivity index (χ1n) is 7.37. The van der Waals surface area contributed by atoms with E-state index in [9.17, 15) is 10.1 Å². The van der Waals surface area contributed by atoms with E-state index in [4.69, 9.17) is 10.3 Å². The van der Waals surface area contributed by atoms with Crippen molar-refractivity contribution in [3.8, 4) is 10.8 Å². The van der Waals surface area contributed by atoms with Crippen molar-refractivity contribution in [3.05, 3.63) is 40.2 Å². The lowest BCUT2D eigenvalue weighted by atomic mass is 9.99. The lowest BCUT2D eigenvalue weighted by Crippen LogP contribution is -2.34. The van der Waals surface area contributed by atoms with Gasteiger partial charge in [-0.2, -0.15) is 4.98 Å². The molecule has 23 heavy (non-hydrogen) atoms. The molecule has 118 valence electrons. The van der Waals surface area contributed by atoms with Crippen molar-refractivity contribution >= 4 is 27.1 Å². The molecular formula is C15H14N4O3S. The number of aromatic nitrogens is 2. The third kappa shape index (κ3) is 2.40. The van der Waals surface area contributed by atoms with Crippen molar-refractivity contribution in [2.24, 2.45) is 5.73 Å². The Balaban J connectivity index is 1.72. The van der Waals surface area contributed by atoms with Crippen molar-refractivity contribution < 1.29 is 9.45 Å². The van der Waals surface area contributed by atoms with E-state index in [1.54, 1.807) is 12.1 Å². The summed E-state index contributed by atoms with van der Waals surface area (Å²) >= 11 is 1.47. The van der Waals surface area contributed by atoms with Crippen molar-refractivity contribution in [1.82, 2.24) is 10.1 Å². The van der Waals surface area contributed by atoms with Crippen LogP contribution in [0.15, 0.2) is 28.8 Å². The second-order valence-electron chi connectivity index (χ2n) is 5.88. The normalized spacial score (nSPS) is 16.9. The lowest BCUT2D eigenvalue weighted by Gasteiger charge is -2.17. The zero-order valence-corrected chi connectivity index (χ0v) is 13.0. The number of hydrogen-bond acceptors (Lipinski definition) is 7. The van der Waals surface area contributed by atoms with Gasteiger partial charge in [-0.1, -0.05) is 18.0 Å². The molecule has 0 saturated heterocycles. The van der Waals surface area contributed by atoms with Crippen LogP contribution in [0.5, 0.6) is 0 Å². The zero-order valence-electron chi connectivity index (χ0n) is 12.2. The molecule has 0 unspecified atom stereocenters. The Labute approximate surface area is 135 Å². The van der Waals surface area contributed by atoms with Crippen molar-refractivity contribution in [2.75, 3.05) is 0 Å². The third-order valence-corrected chi connectivity index (χ3v) is 5.39. The Kier molecular flexibility index (Phi) is 3.17. The fraction of sp³-hybridized carbons (Fsp3) is 0.333. The average Bonchev–Trinajstić information content (AvgIpc) is 3.25. The van der Waals surface area contributed by atoms with Crippen LogP contribution in [0.3, 0.4) is 0 Å². The first-order chi connectivity index (χ1) is 11.0. The summed E-state index contributed by atoms with van der Waals surface area (Å²) in [6, 6.07) is 6.62. The van der Waals surface area contributed by atoms with E-state index in [2.05, 4.69) is 10.1 Å². The van der Waals surface area contributed by atoms with Crippen LogP contribution in [-0.2, 0) is 5.54 Å². The van der Waals surface area contributed by atoms with Crippen molar-refractivity contribution in [3.63, 3.8) is 0 Å². The SMILES string of the molecule is NC1(c2noc(-c3cc4cc([N+](=O)[O-])ccc4s3)n2)CCCC1. The highest BCUT2D eigenvalue weighted by atomic mass is 32.1. The summed E-state index contributed by atoms with van der Waals surface area (Å²) in [7, 11) is 0. The van der Waals surface area contributed by atoms with E-state index >= 15 is 0 Å². The maximum atomic E-state index is 10.9. The maximum Gasteiger partial charge on any atom is 0.270 e. The molecule has 0 spiro atoms. The smallest absolute Gasteiger partial charge is 0.270 e. The molecule has 1 aliphatic rings. The number of benzene rings is 1. The average molecular weight is 330 g/mol. The summed E-state index contributed by atoms with van der Waals surface area (Å²) in [5.74, 6) is 0.967. The highest BCUT2D eigenvalue weighted by Crippen LogP contribution is 2.38. The number of nitro groups is 1. The molecule has 0 atom stereocenters. The fourth-order valence-corrected chi connectivity index (χ4v) is 3.97. The molecule has 8 heteroatoms. The minimum atomic E-state index is -0.489. The van der Waals surface area contributed by atoms with Crippen molar-refractivity contribution in [1.29, 1.82) is 0 Å². The maximum absolute atomic E-state index is 10.9. The molecular weight excluding hydrogens is 316 g/mol. The molecule has 1 aliphatic carbocycles. The van der Waals surface area contributed by atoms with Crippen LogP contribution >= 0.6 is 11.3 Å². The van der Waals surface area contributed by atoms with Crippen LogP contribution in [0.1, 0.15) is 31.5 Å². The third-order valence-electron chi connectivity index (χ3n) is 4.29. The summed E-state index contributed by atoms with van der Waals surface area (Å²) < 4.78 is 6.31. The molecule has 4 rings (SSSR count). The van der Waals surface area contributed by atoms with Gasteiger partial charge in [0.15, 0.2) is 5.82 Å². The molecule has 2 heterocycles. The van der Waals surface area contributed by atoms with Gasteiger partial charge in [0, 0.05) is 22.2 Å². The van der Waals surface area contributed by atoms with Crippen LogP contribution in [0, 0.1) is 10.1 Å². The first kappa shape index (κ1) is 14.3. The Morgan fingerprint density at radius 2 is 2.09 bits per heavy atom. The van der Waals surface area contributed by atoms with Gasteiger partial charge in [-0.15, -0.1) is 11.3 Å². The van der Waals surface area contributed by atoms with Gasteiger partial charge in [0.2, 0.25) is 0 Å². The summed E-state index contributed by atoms with van der Waals surface area (Å²) in [4.78, 5) is 15.7. The quantitative estimate of drug-likeness (QED) is 0.580. The molecule has 1 fully saturated rings. The molecule has 1 saturated carbocycles. The second-order valence-corrected chi connectivity index (χ2v) is 6.96. The van der Waals surface area contributed by atoms with Crippen molar-refractivity contribution in [2.45, 2.75) is 31.2 Å². The van der Waals surface area contributed by atoms with Gasteiger partial charge in [-0.3, -0.25) is 10.1 Å².